The van der Waals surface area contributed by atoms with E-state index in [0.29, 0.717) is 18.2 Å². The highest BCUT2D eigenvalue weighted by atomic mass is 16.6. The number of aromatic nitrogens is 2. The second-order valence-corrected chi connectivity index (χ2v) is 9.40. The third-order valence-corrected chi connectivity index (χ3v) is 6.08. The molecular formula is C31H40N2O4. The summed E-state index contributed by atoms with van der Waals surface area (Å²) in [6.45, 7) is 8.53. The minimum absolute atomic E-state index is 0.258. The van der Waals surface area contributed by atoms with Crippen LogP contribution in [0.4, 0.5) is 0 Å². The van der Waals surface area contributed by atoms with Gasteiger partial charge in [-0.15, -0.1) is 0 Å². The molecule has 1 aromatic heterocycles. The fourth-order valence-electron chi connectivity index (χ4n) is 3.85. The summed E-state index contributed by atoms with van der Waals surface area (Å²) in [5.41, 5.74) is 4.40. The van der Waals surface area contributed by atoms with Crippen LogP contribution in [-0.4, -0.2) is 41.4 Å². The summed E-state index contributed by atoms with van der Waals surface area (Å²) in [5.74, 6) is 0.971. The van der Waals surface area contributed by atoms with Gasteiger partial charge in [-0.05, 0) is 68.5 Å². The first-order chi connectivity index (χ1) is 18.0. The molecule has 3 aromatic rings. The maximum atomic E-state index is 12.0. The van der Waals surface area contributed by atoms with E-state index in [9.17, 15) is 4.79 Å². The molecule has 0 fully saturated rings. The third-order valence-electron chi connectivity index (χ3n) is 6.08. The smallest absolute Gasteiger partial charge is 0.335 e. The number of ether oxygens (including phenoxy) is 3. The summed E-state index contributed by atoms with van der Waals surface area (Å²) in [7, 11) is 0. The first-order valence-corrected chi connectivity index (χ1v) is 13.5. The number of unbranched alkanes of at least 4 members (excludes halogenated alkanes) is 3. The molecule has 0 N–H and O–H groups in total. The van der Waals surface area contributed by atoms with Gasteiger partial charge in [-0.3, -0.25) is 0 Å². The lowest BCUT2D eigenvalue weighted by atomic mass is 10.0. The van der Waals surface area contributed by atoms with Crippen LogP contribution in [0.3, 0.4) is 0 Å². The van der Waals surface area contributed by atoms with Crippen molar-refractivity contribution in [3.05, 3.63) is 66.5 Å². The Bertz CT molecular complexity index is 1070. The van der Waals surface area contributed by atoms with Crippen molar-refractivity contribution in [3.63, 3.8) is 0 Å². The number of benzene rings is 2. The van der Waals surface area contributed by atoms with Gasteiger partial charge in [0.2, 0.25) is 0 Å². The van der Waals surface area contributed by atoms with Crippen LogP contribution in [0.25, 0.3) is 22.5 Å². The topological polar surface area (TPSA) is 70.5 Å². The molecule has 0 aliphatic heterocycles. The maximum absolute atomic E-state index is 12.0. The second-order valence-electron chi connectivity index (χ2n) is 9.40. The summed E-state index contributed by atoms with van der Waals surface area (Å²) in [5, 5.41) is 0. The number of esters is 1. The summed E-state index contributed by atoms with van der Waals surface area (Å²) >= 11 is 0. The summed E-state index contributed by atoms with van der Waals surface area (Å²) < 4.78 is 16.6. The van der Waals surface area contributed by atoms with Gasteiger partial charge in [0.25, 0.3) is 0 Å². The average Bonchev–Trinajstić information content (AvgIpc) is 2.93. The molecular weight excluding hydrogens is 464 g/mol. The molecule has 3 rings (SSSR count). The Morgan fingerprint density at radius 1 is 0.811 bits per heavy atom. The zero-order valence-corrected chi connectivity index (χ0v) is 22.6. The number of hydrogen-bond acceptors (Lipinski definition) is 6. The fraction of sp³-hybridized carbons (Fsp3) is 0.452. The van der Waals surface area contributed by atoms with E-state index < -0.39 is 6.10 Å². The Morgan fingerprint density at radius 3 is 2.14 bits per heavy atom. The molecule has 0 saturated heterocycles. The molecule has 0 bridgehead atoms. The van der Waals surface area contributed by atoms with E-state index in [1.807, 2.05) is 43.6 Å². The SMILES string of the molecule is CCCCCCc1ccc(-c2cnc(-c3ccc(OCC(C)OC(=O)C(C)OCCC)cc3)nc2)cc1. The van der Waals surface area contributed by atoms with E-state index in [0.717, 1.165) is 29.5 Å². The van der Waals surface area contributed by atoms with Crippen LogP contribution in [0.2, 0.25) is 0 Å². The lowest BCUT2D eigenvalue weighted by Gasteiger charge is -2.17. The predicted octanol–water partition coefficient (Wildman–Crippen LogP) is 7.06. The Kier molecular flexibility index (Phi) is 11.6. The molecule has 198 valence electrons. The number of rotatable bonds is 15. The van der Waals surface area contributed by atoms with E-state index in [1.54, 1.807) is 13.8 Å². The van der Waals surface area contributed by atoms with Crippen molar-refractivity contribution in [2.45, 2.75) is 78.4 Å². The molecule has 0 radical (unpaired) electrons. The van der Waals surface area contributed by atoms with Gasteiger partial charge in [-0.25, -0.2) is 14.8 Å². The molecule has 2 atom stereocenters. The molecule has 2 unspecified atom stereocenters. The monoisotopic (exact) mass is 504 g/mol. The van der Waals surface area contributed by atoms with Crippen molar-refractivity contribution in [1.29, 1.82) is 0 Å². The Morgan fingerprint density at radius 2 is 1.49 bits per heavy atom. The number of hydrogen-bond donors (Lipinski definition) is 0. The largest absolute Gasteiger partial charge is 0.490 e. The van der Waals surface area contributed by atoms with Crippen molar-refractivity contribution in [2.75, 3.05) is 13.2 Å². The van der Waals surface area contributed by atoms with Crippen LogP contribution < -0.4 is 4.74 Å². The molecule has 0 spiro atoms. The molecule has 2 aromatic carbocycles. The minimum Gasteiger partial charge on any atom is -0.490 e. The fourth-order valence-corrected chi connectivity index (χ4v) is 3.85. The van der Waals surface area contributed by atoms with E-state index in [2.05, 4.69) is 41.2 Å². The lowest BCUT2D eigenvalue weighted by Crippen LogP contribution is -2.30. The number of nitrogens with zero attached hydrogens (tertiary/aromatic N) is 2. The van der Waals surface area contributed by atoms with Crippen LogP contribution in [0.5, 0.6) is 5.75 Å². The van der Waals surface area contributed by atoms with Gasteiger partial charge in [-0.2, -0.15) is 0 Å². The second kappa shape index (κ2) is 15.1. The summed E-state index contributed by atoms with van der Waals surface area (Å²) in [4.78, 5) is 21.2. The van der Waals surface area contributed by atoms with Crippen molar-refractivity contribution in [1.82, 2.24) is 9.97 Å². The number of carbonyl (C=O) groups is 1. The molecule has 0 aliphatic carbocycles. The van der Waals surface area contributed by atoms with Crippen LogP contribution in [0, 0.1) is 0 Å². The molecule has 37 heavy (non-hydrogen) atoms. The summed E-state index contributed by atoms with van der Waals surface area (Å²) in [6.07, 6.45) is 9.87. The van der Waals surface area contributed by atoms with Crippen molar-refractivity contribution < 1.29 is 19.0 Å². The van der Waals surface area contributed by atoms with Crippen molar-refractivity contribution in [3.8, 4) is 28.3 Å². The van der Waals surface area contributed by atoms with Crippen LogP contribution >= 0.6 is 0 Å². The normalized spacial score (nSPS) is 12.6. The minimum atomic E-state index is -0.576. The van der Waals surface area contributed by atoms with Gasteiger partial charge in [0.15, 0.2) is 11.9 Å². The van der Waals surface area contributed by atoms with Gasteiger partial charge >= 0.3 is 5.97 Å². The van der Waals surface area contributed by atoms with E-state index in [4.69, 9.17) is 14.2 Å². The Labute approximate surface area is 221 Å². The highest BCUT2D eigenvalue weighted by molar-refractivity contribution is 5.74. The van der Waals surface area contributed by atoms with Gasteiger partial charge in [0, 0.05) is 30.1 Å². The first kappa shape index (κ1) is 28.3. The average molecular weight is 505 g/mol. The molecule has 6 heteroatoms. The van der Waals surface area contributed by atoms with Gasteiger partial charge in [0.05, 0.1) is 0 Å². The molecule has 1 heterocycles. The van der Waals surface area contributed by atoms with E-state index in [-0.39, 0.29) is 18.7 Å². The van der Waals surface area contributed by atoms with Gasteiger partial charge in [0.1, 0.15) is 18.5 Å². The third kappa shape index (κ3) is 9.29. The molecule has 0 aliphatic rings. The zero-order valence-electron chi connectivity index (χ0n) is 22.6. The molecule has 0 amide bonds. The highest BCUT2D eigenvalue weighted by Gasteiger charge is 2.18. The van der Waals surface area contributed by atoms with Gasteiger partial charge < -0.3 is 14.2 Å². The quantitative estimate of drug-likeness (QED) is 0.163. The molecule has 6 nitrogen and oxygen atoms in total. The molecule has 0 saturated carbocycles. The predicted molar refractivity (Wildman–Crippen MR) is 148 cm³/mol. The maximum Gasteiger partial charge on any atom is 0.335 e. The highest BCUT2D eigenvalue weighted by Crippen LogP contribution is 2.23. The number of aryl methyl sites for hydroxylation is 1. The van der Waals surface area contributed by atoms with Crippen molar-refractivity contribution in [2.24, 2.45) is 0 Å². The van der Waals surface area contributed by atoms with Crippen LogP contribution in [0.15, 0.2) is 60.9 Å². The zero-order chi connectivity index (χ0) is 26.5. The van der Waals surface area contributed by atoms with Crippen molar-refractivity contribution >= 4 is 5.97 Å². The standard InChI is InChI=1S/C31H40N2O4/c1-5-7-8-9-10-25-11-13-26(14-12-25)28-20-32-30(33-21-28)27-15-17-29(18-16-27)36-22-23(3)37-31(34)24(4)35-19-6-2/h11-18,20-21,23-24H,5-10,19,22H2,1-4H3. The van der Waals surface area contributed by atoms with E-state index in [1.165, 1.54) is 31.2 Å². The lowest BCUT2D eigenvalue weighted by molar-refractivity contribution is -0.162. The Hall–Kier alpha value is -3.25. The first-order valence-electron chi connectivity index (χ1n) is 13.5. The van der Waals surface area contributed by atoms with E-state index >= 15 is 0 Å². The van der Waals surface area contributed by atoms with Crippen LogP contribution in [0.1, 0.15) is 65.4 Å². The Balaban J connectivity index is 1.49. The number of carbonyl (C=O) groups excluding carboxylic acids is 1. The summed E-state index contributed by atoms with van der Waals surface area (Å²) in [6, 6.07) is 16.3. The van der Waals surface area contributed by atoms with Gasteiger partial charge in [-0.1, -0.05) is 57.4 Å². The van der Waals surface area contributed by atoms with Crippen LogP contribution in [-0.2, 0) is 20.7 Å².